The van der Waals surface area contributed by atoms with Crippen LogP contribution in [0.3, 0.4) is 0 Å². The van der Waals surface area contributed by atoms with Crippen molar-refractivity contribution in [1.82, 2.24) is 4.90 Å². The number of halogens is 1. The highest BCUT2D eigenvalue weighted by Crippen LogP contribution is 2.58. The van der Waals surface area contributed by atoms with E-state index in [0.717, 1.165) is 0 Å². The van der Waals surface area contributed by atoms with Crippen LogP contribution in [0.4, 0.5) is 11.4 Å². The van der Waals surface area contributed by atoms with Gasteiger partial charge in [0.05, 0.1) is 24.5 Å². The molecule has 5 atom stereocenters. The second kappa shape index (κ2) is 10.9. The fraction of sp³-hybridized carbons (Fsp3) is 0.464. The lowest BCUT2D eigenvalue weighted by molar-refractivity contribution is -0.139. The summed E-state index contributed by atoms with van der Waals surface area (Å²) in [7, 11) is 0. The lowest BCUT2D eigenvalue weighted by atomic mass is 9.70. The average Bonchev–Trinajstić information content (AvgIpc) is 3.54. The number of anilines is 2. The summed E-state index contributed by atoms with van der Waals surface area (Å²) in [6, 6.07) is 12.9. The van der Waals surface area contributed by atoms with Gasteiger partial charge in [0.25, 0.3) is 0 Å². The summed E-state index contributed by atoms with van der Waals surface area (Å²) in [5.74, 6) is -1.69. The number of rotatable bonds is 10. The Morgan fingerprint density at radius 2 is 1.74 bits per heavy atom. The van der Waals surface area contributed by atoms with Gasteiger partial charge in [-0.1, -0.05) is 11.6 Å². The first-order valence-electron chi connectivity index (χ1n) is 13.1. The molecular weight excluding hydrogens is 510 g/mol. The zero-order chi connectivity index (χ0) is 26.9. The Labute approximate surface area is 226 Å². The molecule has 2 bridgehead atoms. The van der Waals surface area contributed by atoms with E-state index < -0.39 is 29.6 Å². The third-order valence-corrected chi connectivity index (χ3v) is 7.95. The highest BCUT2D eigenvalue weighted by molar-refractivity contribution is 6.30. The van der Waals surface area contributed by atoms with Crippen LogP contribution in [0.25, 0.3) is 0 Å². The van der Waals surface area contributed by atoms with Gasteiger partial charge in [-0.3, -0.25) is 14.4 Å². The molecule has 3 saturated heterocycles. The van der Waals surface area contributed by atoms with E-state index >= 15 is 0 Å². The van der Waals surface area contributed by atoms with Crippen LogP contribution in [0.2, 0.25) is 5.02 Å². The minimum Gasteiger partial charge on any atom is -0.494 e. The fourth-order valence-electron chi connectivity index (χ4n) is 6.16. The number of amides is 3. The predicted molar refractivity (Wildman–Crippen MR) is 142 cm³/mol. The molecule has 3 aliphatic heterocycles. The van der Waals surface area contributed by atoms with Crippen LogP contribution >= 0.6 is 11.6 Å². The second-order valence-corrected chi connectivity index (χ2v) is 10.4. The van der Waals surface area contributed by atoms with Crippen molar-refractivity contribution in [3.63, 3.8) is 0 Å². The van der Waals surface area contributed by atoms with Gasteiger partial charge in [-0.25, -0.2) is 0 Å². The van der Waals surface area contributed by atoms with Crippen LogP contribution in [-0.2, 0) is 19.1 Å². The number of aliphatic hydroxyl groups is 1. The number of likely N-dealkylation sites (tertiary alicyclic amines) is 1. The summed E-state index contributed by atoms with van der Waals surface area (Å²) in [6.07, 6.45) is 1.67. The van der Waals surface area contributed by atoms with E-state index in [0.29, 0.717) is 54.4 Å². The van der Waals surface area contributed by atoms with Gasteiger partial charge >= 0.3 is 0 Å². The topological polar surface area (TPSA) is 117 Å². The maximum absolute atomic E-state index is 13.9. The Morgan fingerprint density at radius 3 is 2.39 bits per heavy atom. The summed E-state index contributed by atoms with van der Waals surface area (Å²) in [5.41, 5.74) is 0.0649. The van der Waals surface area contributed by atoms with Crippen LogP contribution in [0, 0.1) is 11.8 Å². The summed E-state index contributed by atoms with van der Waals surface area (Å²) in [5, 5.41) is 15.7. The van der Waals surface area contributed by atoms with E-state index in [4.69, 9.17) is 21.1 Å². The van der Waals surface area contributed by atoms with E-state index in [1.165, 1.54) is 0 Å². The van der Waals surface area contributed by atoms with Crippen molar-refractivity contribution in [3.05, 3.63) is 53.6 Å². The summed E-state index contributed by atoms with van der Waals surface area (Å²) in [4.78, 5) is 42.6. The standard InChI is InChI=1S/C28H32ClN3O6/c1-2-37-20-11-9-19(10-12-20)30-25(34)22-21-13-14-28(38-21)23(22)27(36)32(15-3-4-16-33)24(28)26(35)31-18-7-5-17(29)6-8-18/h5-12,21-24,33H,2-4,13-16H2,1H3,(H,30,34)(H,31,35)/t21-,22+,23+,24?,28?/m1/s1. The predicted octanol–water partition coefficient (Wildman–Crippen LogP) is 3.46. The first-order valence-corrected chi connectivity index (χ1v) is 13.4. The summed E-state index contributed by atoms with van der Waals surface area (Å²) in [6.45, 7) is 2.72. The number of aliphatic hydroxyl groups excluding tert-OH is 1. The van der Waals surface area contributed by atoms with Gasteiger partial charge in [-0.2, -0.15) is 0 Å². The lowest BCUT2D eigenvalue weighted by Crippen LogP contribution is -2.53. The molecule has 3 amide bonds. The van der Waals surface area contributed by atoms with E-state index in [-0.39, 0.29) is 30.9 Å². The smallest absolute Gasteiger partial charge is 0.250 e. The van der Waals surface area contributed by atoms with E-state index in [2.05, 4.69) is 10.6 Å². The number of hydrogen-bond acceptors (Lipinski definition) is 6. The third kappa shape index (κ3) is 4.74. The van der Waals surface area contributed by atoms with Gasteiger partial charge in [-0.05, 0) is 81.1 Å². The van der Waals surface area contributed by atoms with Crippen molar-refractivity contribution in [2.45, 2.75) is 50.4 Å². The molecule has 2 unspecified atom stereocenters. The number of benzene rings is 2. The zero-order valence-electron chi connectivity index (χ0n) is 21.2. The molecule has 9 nitrogen and oxygen atoms in total. The van der Waals surface area contributed by atoms with Crippen LogP contribution in [0.1, 0.15) is 32.6 Å². The van der Waals surface area contributed by atoms with Crippen LogP contribution in [0.5, 0.6) is 5.75 Å². The molecule has 2 aromatic rings. The van der Waals surface area contributed by atoms with E-state index in [1.54, 1.807) is 53.4 Å². The highest BCUT2D eigenvalue weighted by atomic mass is 35.5. The molecule has 1 spiro atoms. The molecule has 38 heavy (non-hydrogen) atoms. The first kappa shape index (κ1) is 26.5. The van der Waals surface area contributed by atoms with E-state index in [1.807, 2.05) is 6.92 Å². The van der Waals surface area contributed by atoms with Crippen molar-refractivity contribution in [2.24, 2.45) is 11.8 Å². The lowest BCUT2D eigenvalue weighted by Gasteiger charge is -2.33. The first-order chi connectivity index (χ1) is 18.4. The Hall–Kier alpha value is -3.14. The van der Waals surface area contributed by atoms with Gasteiger partial charge in [0.15, 0.2) is 0 Å². The molecule has 3 fully saturated rings. The Morgan fingerprint density at radius 1 is 1.08 bits per heavy atom. The third-order valence-electron chi connectivity index (χ3n) is 7.70. The molecule has 0 aliphatic carbocycles. The van der Waals surface area contributed by atoms with Gasteiger partial charge in [0.1, 0.15) is 17.4 Å². The van der Waals surface area contributed by atoms with Crippen molar-refractivity contribution in [2.75, 3.05) is 30.4 Å². The summed E-state index contributed by atoms with van der Waals surface area (Å²) < 4.78 is 11.9. The maximum atomic E-state index is 13.9. The molecule has 5 rings (SSSR count). The Balaban J connectivity index is 1.40. The number of unbranched alkanes of at least 4 members (excludes halogenated alkanes) is 1. The summed E-state index contributed by atoms with van der Waals surface area (Å²) >= 11 is 5.99. The molecule has 3 aliphatic rings. The van der Waals surface area contributed by atoms with Gasteiger partial charge in [0.2, 0.25) is 17.7 Å². The SMILES string of the molecule is CCOc1ccc(NC(=O)[C@@H]2[C@H]3C(=O)N(CCCCO)C(C(=O)Nc4ccc(Cl)cc4)C34CC[C@H]2O4)cc1. The van der Waals surface area contributed by atoms with Crippen molar-refractivity contribution >= 4 is 40.7 Å². The van der Waals surface area contributed by atoms with Crippen molar-refractivity contribution in [1.29, 1.82) is 0 Å². The van der Waals surface area contributed by atoms with Crippen LogP contribution < -0.4 is 15.4 Å². The van der Waals surface area contributed by atoms with Crippen LogP contribution in [0.15, 0.2) is 48.5 Å². The van der Waals surface area contributed by atoms with Crippen molar-refractivity contribution in [3.8, 4) is 5.75 Å². The highest BCUT2D eigenvalue weighted by Gasteiger charge is 2.74. The van der Waals surface area contributed by atoms with Crippen molar-refractivity contribution < 1.29 is 29.0 Å². The number of carbonyl (C=O) groups is 3. The molecule has 0 saturated carbocycles. The second-order valence-electron chi connectivity index (χ2n) is 9.96. The monoisotopic (exact) mass is 541 g/mol. The Kier molecular flexibility index (Phi) is 7.61. The number of fused-ring (bicyclic) bond motifs is 1. The number of nitrogens with zero attached hydrogens (tertiary/aromatic N) is 1. The molecule has 0 radical (unpaired) electrons. The van der Waals surface area contributed by atoms with Gasteiger partial charge in [0, 0.05) is 29.5 Å². The number of carbonyl (C=O) groups excluding carboxylic acids is 3. The molecule has 3 heterocycles. The minimum atomic E-state index is -1.09. The molecule has 3 N–H and O–H groups in total. The van der Waals surface area contributed by atoms with E-state index in [9.17, 15) is 19.5 Å². The maximum Gasteiger partial charge on any atom is 0.250 e. The average molecular weight is 542 g/mol. The number of nitrogens with one attached hydrogen (secondary N) is 2. The largest absolute Gasteiger partial charge is 0.494 e. The minimum absolute atomic E-state index is 0.00999. The fourth-order valence-corrected chi connectivity index (χ4v) is 6.28. The molecule has 0 aromatic heterocycles. The quantitative estimate of drug-likeness (QED) is 0.397. The van der Waals surface area contributed by atoms with Crippen LogP contribution in [-0.4, -0.2) is 65.2 Å². The molecular formula is C28H32ClN3O6. The Bertz CT molecular complexity index is 1190. The zero-order valence-corrected chi connectivity index (χ0v) is 21.9. The van der Waals surface area contributed by atoms with Gasteiger partial charge < -0.3 is 30.1 Å². The molecule has 202 valence electrons. The number of hydrogen-bond donors (Lipinski definition) is 3. The normalized spacial score (nSPS) is 27.3. The van der Waals surface area contributed by atoms with Gasteiger partial charge in [-0.15, -0.1) is 0 Å². The molecule has 10 heteroatoms. The molecule has 2 aromatic carbocycles. The number of ether oxygens (including phenoxy) is 2.